The van der Waals surface area contributed by atoms with Crippen molar-refractivity contribution in [3.8, 4) is 0 Å². The molecule has 26 heavy (non-hydrogen) atoms. The number of aromatic nitrogens is 1. The summed E-state index contributed by atoms with van der Waals surface area (Å²) in [6, 6.07) is 0. The van der Waals surface area contributed by atoms with Gasteiger partial charge in [-0.1, -0.05) is 17.8 Å². The quantitative estimate of drug-likeness (QED) is 0.772. The van der Waals surface area contributed by atoms with Gasteiger partial charge in [0, 0.05) is 25.8 Å². The lowest BCUT2D eigenvalue weighted by molar-refractivity contribution is -0.147. The molecular formula is C17H21N3O5S. The van der Waals surface area contributed by atoms with E-state index < -0.39 is 11.9 Å². The lowest BCUT2D eigenvalue weighted by Gasteiger charge is -2.24. The maximum Gasteiger partial charge on any atom is 0.325 e. The predicted octanol–water partition coefficient (Wildman–Crippen LogP) is 1.26. The number of esters is 1. The summed E-state index contributed by atoms with van der Waals surface area (Å²) in [7, 11) is 2.76. The van der Waals surface area contributed by atoms with Gasteiger partial charge in [0.05, 0.1) is 23.6 Å². The van der Waals surface area contributed by atoms with Crippen LogP contribution < -0.4 is 5.32 Å². The van der Waals surface area contributed by atoms with Gasteiger partial charge in [0.2, 0.25) is 11.8 Å². The number of Topliss-reactive ketones (excluding diaryl/α,β-unsaturated/α-hetero) is 1. The summed E-state index contributed by atoms with van der Waals surface area (Å²) in [5.41, 5.74) is 0.542. The third kappa shape index (κ3) is 3.77. The van der Waals surface area contributed by atoms with Crippen LogP contribution in [0.25, 0.3) is 0 Å². The summed E-state index contributed by atoms with van der Waals surface area (Å²) < 4.78 is 4.56. The predicted molar refractivity (Wildman–Crippen MR) is 93.9 cm³/mol. The number of fused-ring (bicyclic) bond motifs is 1. The van der Waals surface area contributed by atoms with E-state index in [0.29, 0.717) is 22.1 Å². The fourth-order valence-electron chi connectivity index (χ4n) is 3.08. The molecule has 2 aliphatic rings. The van der Waals surface area contributed by atoms with Crippen molar-refractivity contribution in [1.82, 2.24) is 9.88 Å². The standard InChI is InChI=1S/C17H21N3O5S/c1-20(8-13(22)25-2)16(24)10-6-11-14(12(21)7-10)26-17(18-11)19-15(23)9-4-3-5-9/h9-10H,3-8H2,1-2H3,(H,18,19,23). The fraction of sp³-hybridized carbons (Fsp3) is 0.588. The molecule has 2 aliphatic carbocycles. The van der Waals surface area contributed by atoms with Gasteiger partial charge in [0.1, 0.15) is 6.54 Å². The van der Waals surface area contributed by atoms with Crippen LogP contribution in [0.15, 0.2) is 0 Å². The van der Waals surface area contributed by atoms with E-state index in [4.69, 9.17) is 0 Å². The highest BCUT2D eigenvalue weighted by Gasteiger charge is 2.35. The minimum Gasteiger partial charge on any atom is -0.468 e. The average Bonchev–Trinajstić information content (AvgIpc) is 2.95. The van der Waals surface area contributed by atoms with Gasteiger partial charge >= 0.3 is 5.97 Å². The zero-order chi connectivity index (χ0) is 18.8. The van der Waals surface area contributed by atoms with Gasteiger partial charge in [-0.25, -0.2) is 4.98 Å². The largest absolute Gasteiger partial charge is 0.468 e. The third-order valence-electron chi connectivity index (χ3n) is 4.85. The van der Waals surface area contributed by atoms with E-state index in [0.717, 1.165) is 19.3 Å². The van der Waals surface area contributed by atoms with Crippen LogP contribution in [-0.2, 0) is 25.5 Å². The van der Waals surface area contributed by atoms with Crippen LogP contribution in [0.3, 0.4) is 0 Å². The Bertz CT molecular complexity index is 756. The van der Waals surface area contributed by atoms with Crippen LogP contribution in [-0.4, -0.2) is 54.2 Å². The Morgan fingerprint density at radius 3 is 2.62 bits per heavy atom. The number of rotatable bonds is 5. The Kier molecular flexibility index (Phi) is 5.36. The molecule has 1 aromatic heterocycles. The first-order valence-electron chi connectivity index (χ1n) is 8.54. The maximum absolute atomic E-state index is 12.5. The van der Waals surface area contributed by atoms with Crippen molar-refractivity contribution in [2.24, 2.45) is 11.8 Å². The van der Waals surface area contributed by atoms with Gasteiger partial charge in [-0.3, -0.25) is 19.2 Å². The number of carbonyl (C=O) groups is 4. The summed E-state index contributed by atoms with van der Waals surface area (Å²) in [4.78, 5) is 54.4. The highest BCUT2D eigenvalue weighted by molar-refractivity contribution is 7.17. The van der Waals surface area contributed by atoms with Gasteiger partial charge in [-0.05, 0) is 12.8 Å². The Balaban J connectivity index is 1.67. The monoisotopic (exact) mass is 379 g/mol. The zero-order valence-corrected chi connectivity index (χ0v) is 15.6. The van der Waals surface area contributed by atoms with Crippen LogP contribution >= 0.6 is 11.3 Å². The summed E-state index contributed by atoms with van der Waals surface area (Å²) >= 11 is 1.17. The normalized spacial score (nSPS) is 19.3. The van der Waals surface area contributed by atoms with Crippen molar-refractivity contribution < 1.29 is 23.9 Å². The van der Waals surface area contributed by atoms with Crippen LogP contribution in [0, 0.1) is 11.8 Å². The molecule has 2 amide bonds. The van der Waals surface area contributed by atoms with E-state index in [9.17, 15) is 19.2 Å². The highest BCUT2D eigenvalue weighted by Crippen LogP contribution is 2.34. The van der Waals surface area contributed by atoms with Gasteiger partial charge in [0.15, 0.2) is 10.9 Å². The van der Waals surface area contributed by atoms with Crippen molar-refractivity contribution in [1.29, 1.82) is 0 Å². The number of hydrogen-bond acceptors (Lipinski definition) is 7. The zero-order valence-electron chi connectivity index (χ0n) is 14.7. The van der Waals surface area contributed by atoms with Crippen molar-refractivity contribution in [2.45, 2.75) is 32.1 Å². The molecule has 0 aliphatic heterocycles. The van der Waals surface area contributed by atoms with E-state index in [1.54, 1.807) is 0 Å². The summed E-state index contributed by atoms with van der Waals surface area (Å²) in [6.07, 6.45) is 3.24. The maximum atomic E-state index is 12.5. The second-order valence-corrected chi connectivity index (χ2v) is 7.71. The number of hydrogen-bond donors (Lipinski definition) is 1. The lowest BCUT2D eigenvalue weighted by atomic mass is 9.85. The van der Waals surface area contributed by atoms with E-state index >= 15 is 0 Å². The van der Waals surface area contributed by atoms with Crippen LogP contribution in [0.2, 0.25) is 0 Å². The van der Waals surface area contributed by atoms with Crippen LogP contribution in [0.5, 0.6) is 0 Å². The van der Waals surface area contributed by atoms with Crippen molar-refractivity contribution in [2.75, 3.05) is 26.0 Å². The fourth-order valence-corrected chi connectivity index (χ4v) is 4.03. The second kappa shape index (κ2) is 7.53. The number of methoxy groups -OCH3 is 1. The van der Waals surface area contributed by atoms with Gasteiger partial charge in [-0.15, -0.1) is 0 Å². The SMILES string of the molecule is COC(=O)CN(C)C(=O)C1CC(=O)c2sc(NC(=O)C3CCC3)nc2C1. The minimum absolute atomic E-state index is 0.0351. The molecule has 1 aromatic rings. The van der Waals surface area contributed by atoms with Gasteiger partial charge < -0.3 is 15.0 Å². The molecule has 0 radical (unpaired) electrons. The van der Waals surface area contributed by atoms with Crippen molar-refractivity contribution >= 4 is 40.0 Å². The molecule has 1 saturated carbocycles. The molecular weight excluding hydrogens is 358 g/mol. The molecule has 1 heterocycles. The average molecular weight is 379 g/mol. The second-order valence-electron chi connectivity index (χ2n) is 6.71. The molecule has 1 unspecified atom stereocenters. The van der Waals surface area contributed by atoms with Crippen LogP contribution in [0.1, 0.15) is 41.0 Å². The molecule has 0 bridgehead atoms. The number of nitrogens with zero attached hydrogens (tertiary/aromatic N) is 2. The first kappa shape index (κ1) is 18.5. The number of amides is 2. The number of likely N-dealkylation sites (N-methyl/N-ethyl adjacent to an activating group) is 1. The molecule has 1 atom stereocenters. The molecule has 8 nitrogen and oxygen atoms in total. The van der Waals surface area contributed by atoms with E-state index in [1.165, 1.54) is 30.4 Å². The van der Waals surface area contributed by atoms with Crippen LogP contribution in [0.4, 0.5) is 5.13 Å². The van der Waals surface area contributed by atoms with Gasteiger partial charge in [0.25, 0.3) is 0 Å². The number of anilines is 1. The summed E-state index contributed by atoms with van der Waals surface area (Å²) in [6.45, 7) is -0.160. The Labute approximate surface area is 154 Å². The molecule has 0 saturated heterocycles. The molecule has 0 spiro atoms. The molecule has 1 N–H and O–H groups in total. The molecule has 140 valence electrons. The number of thiazole rings is 1. The molecule has 0 aromatic carbocycles. The summed E-state index contributed by atoms with van der Waals surface area (Å²) in [5, 5.41) is 3.20. The lowest BCUT2D eigenvalue weighted by Crippen LogP contribution is -2.39. The molecule has 9 heteroatoms. The first-order chi connectivity index (χ1) is 12.4. The summed E-state index contributed by atoms with van der Waals surface area (Å²) in [5.74, 6) is -1.53. The van der Waals surface area contributed by atoms with E-state index in [1.807, 2.05) is 0 Å². The number of ether oxygens (including phenoxy) is 1. The number of nitrogens with one attached hydrogen (secondary N) is 1. The topological polar surface area (TPSA) is 106 Å². The molecule has 3 rings (SSSR count). The first-order valence-corrected chi connectivity index (χ1v) is 9.36. The van der Waals surface area contributed by atoms with Gasteiger partial charge in [-0.2, -0.15) is 0 Å². The van der Waals surface area contributed by atoms with Crippen molar-refractivity contribution in [3.05, 3.63) is 10.6 Å². The third-order valence-corrected chi connectivity index (χ3v) is 5.90. The smallest absolute Gasteiger partial charge is 0.325 e. The molecule has 1 fully saturated rings. The van der Waals surface area contributed by atoms with E-state index in [2.05, 4.69) is 15.0 Å². The Morgan fingerprint density at radius 2 is 2.00 bits per heavy atom. The Morgan fingerprint density at radius 1 is 1.27 bits per heavy atom. The highest BCUT2D eigenvalue weighted by atomic mass is 32.1. The number of ketones is 1. The van der Waals surface area contributed by atoms with Crippen molar-refractivity contribution in [3.63, 3.8) is 0 Å². The minimum atomic E-state index is -0.554. The number of carbonyl (C=O) groups excluding carboxylic acids is 4. The Hall–Kier alpha value is -2.29. The van der Waals surface area contributed by atoms with E-state index in [-0.39, 0.29) is 36.5 Å².